The van der Waals surface area contributed by atoms with Gasteiger partial charge < -0.3 is 15.0 Å². The Bertz CT molecular complexity index is 886. The monoisotopic (exact) mass is 398 g/mol. The summed E-state index contributed by atoms with van der Waals surface area (Å²) in [6.45, 7) is -0.145. The van der Waals surface area contributed by atoms with E-state index >= 15 is 0 Å². The number of ether oxygens (including phenoxy) is 1. The molecule has 2 aromatic rings. The molecule has 27 heavy (non-hydrogen) atoms. The van der Waals surface area contributed by atoms with E-state index in [2.05, 4.69) is 5.32 Å². The number of carbonyl (C=O) groups excluding carboxylic acids is 2. The number of alkyl halides is 3. The maximum Gasteiger partial charge on any atom is 0.418 e. The van der Waals surface area contributed by atoms with Crippen LogP contribution >= 0.6 is 11.6 Å². The molecule has 1 N–H and O–H groups in total. The zero-order valence-electron chi connectivity index (χ0n) is 13.8. The summed E-state index contributed by atoms with van der Waals surface area (Å²) in [5.74, 6) is -0.474. The first kappa shape index (κ1) is 19.0. The first-order chi connectivity index (χ1) is 12.8. The van der Waals surface area contributed by atoms with Crippen LogP contribution in [0.4, 0.5) is 24.5 Å². The number of carbonyl (C=O) groups is 2. The molecule has 5 nitrogen and oxygen atoms in total. The van der Waals surface area contributed by atoms with E-state index in [4.69, 9.17) is 16.3 Å². The Labute approximate surface area is 157 Å². The third kappa shape index (κ3) is 4.33. The molecule has 0 fully saturated rings. The molecule has 2 amide bonds. The van der Waals surface area contributed by atoms with Crippen LogP contribution in [0.2, 0.25) is 5.02 Å². The van der Waals surface area contributed by atoms with Gasteiger partial charge in [-0.3, -0.25) is 9.59 Å². The molecule has 0 bridgehead atoms. The Morgan fingerprint density at radius 1 is 1.22 bits per heavy atom. The quantitative estimate of drug-likeness (QED) is 0.843. The average Bonchev–Trinajstić information content (AvgIpc) is 2.61. The minimum absolute atomic E-state index is 0.0139. The minimum atomic E-state index is -4.66. The lowest BCUT2D eigenvalue weighted by molar-refractivity contribution is -0.137. The van der Waals surface area contributed by atoms with Crippen molar-refractivity contribution in [2.24, 2.45) is 0 Å². The van der Waals surface area contributed by atoms with E-state index < -0.39 is 17.6 Å². The topological polar surface area (TPSA) is 58.6 Å². The second-order valence-corrected chi connectivity index (χ2v) is 6.22. The predicted molar refractivity (Wildman–Crippen MR) is 94.0 cm³/mol. The molecule has 1 heterocycles. The molecule has 0 unspecified atom stereocenters. The van der Waals surface area contributed by atoms with E-state index in [-0.39, 0.29) is 36.2 Å². The van der Waals surface area contributed by atoms with Crippen molar-refractivity contribution in [3.63, 3.8) is 0 Å². The van der Waals surface area contributed by atoms with Crippen molar-refractivity contribution in [1.29, 1.82) is 0 Å². The van der Waals surface area contributed by atoms with E-state index in [0.717, 1.165) is 12.1 Å². The van der Waals surface area contributed by atoms with Crippen LogP contribution in [0.3, 0.4) is 0 Å². The molecule has 9 heteroatoms. The molecule has 0 atom stereocenters. The molecule has 0 saturated heterocycles. The van der Waals surface area contributed by atoms with Crippen LogP contribution in [0.15, 0.2) is 42.5 Å². The predicted octanol–water partition coefficient (Wildman–Crippen LogP) is 4.11. The first-order valence-corrected chi connectivity index (χ1v) is 8.32. The molecule has 0 radical (unpaired) electrons. The number of hydrogen-bond donors (Lipinski definition) is 1. The van der Waals surface area contributed by atoms with Crippen molar-refractivity contribution in [2.75, 3.05) is 23.4 Å². The fraction of sp³-hybridized carbons (Fsp3) is 0.222. The lowest BCUT2D eigenvalue weighted by Crippen LogP contribution is -2.40. The lowest BCUT2D eigenvalue weighted by Gasteiger charge is -2.29. The number of benzene rings is 2. The van der Waals surface area contributed by atoms with E-state index in [0.29, 0.717) is 11.4 Å². The molecule has 0 aliphatic carbocycles. The summed E-state index contributed by atoms with van der Waals surface area (Å²) in [6, 6.07) is 9.94. The maximum absolute atomic E-state index is 13.1. The number of fused-ring (bicyclic) bond motifs is 1. The summed E-state index contributed by atoms with van der Waals surface area (Å²) in [5, 5.41) is 2.15. The van der Waals surface area contributed by atoms with Crippen molar-refractivity contribution in [2.45, 2.75) is 12.6 Å². The zero-order valence-corrected chi connectivity index (χ0v) is 14.6. The highest BCUT2D eigenvalue weighted by Crippen LogP contribution is 2.36. The minimum Gasteiger partial charge on any atom is -0.482 e. The standard InChI is InChI=1S/C18H14ClF3N2O3/c19-11-5-6-13(12(9-11)18(20,21)22)23-16(25)7-8-24-14-3-1-2-4-15(14)27-10-17(24)26/h1-6,9H,7-8,10H2,(H,23,25). The molecule has 1 aliphatic rings. The van der Waals surface area contributed by atoms with Crippen molar-refractivity contribution in [3.05, 3.63) is 53.1 Å². The Kier molecular flexibility index (Phi) is 5.27. The van der Waals surface area contributed by atoms with Crippen molar-refractivity contribution in [1.82, 2.24) is 0 Å². The Hall–Kier alpha value is -2.74. The van der Waals surface area contributed by atoms with E-state index in [1.54, 1.807) is 24.3 Å². The van der Waals surface area contributed by atoms with Crippen LogP contribution in [0, 0.1) is 0 Å². The van der Waals surface area contributed by atoms with Gasteiger partial charge in [0, 0.05) is 18.0 Å². The van der Waals surface area contributed by atoms with Crippen LogP contribution in [0.25, 0.3) is 0 Å². The van der Waals surface area contributed by atoms with Gasteiger partial charge in [-0.25, -0.2) is 0 Å². The summed E-state index contributed by atoms with van der Waals surface area (Å²) in [5.41, 5.74) is -0.897. The summed E-state index contributed by atoms with van der Waals surface area (Å²) in [7, 11) is 0. The number of nitrogens with zero attached hydrogens (tertiary/aromatic N) is 1. The van der Waals surface area contributed by atoms with E-state index in [1.807, 2.05) is 0 Å². The molecule has 2 aromatic carbocycles. The molecule has 0 spiro atoms. The van der Waals surface area contributed by atoms with Gasteiger partial charge in [-0.05, 0) is 30.3 Å². The SMILES string of the molecule is O=C(CCN1C(=O)COc2ccccc21)Nc1ccc(Cl)cc1C(F)(F)F. The largest absolute Gasteiger partial charge is 0.482 e. The number of para-hydroxylation sites is 2. The van der Waals surface area contributed by atoms with Gasteiger partial charge in [0.05, 0.1) is 16.9 Å². The summed E-state index contributed by atoms with van der Waals surface area (Å²) < 4.78 is 44.6. The summed E-state index contributed by atoms with van der Waals surface area (Å²) in [4.78, 5) is 25.6. The number of hydrogen-bond acceptors (Lipinski definition) is 3. The molecule has 3 rings (SSSR count). The molecule has 0 aromatic heterocycles. The van der Waals surface area contributed by atoms with Gasteiger partial charge in [-0.1, -0.05) is 23.7 Å². The summed E-state index contributed by atoms with van der Waals surface area (Å²) >= 11 is 5.62. The van der Waals surface area contributed by atoms with E-state index in [9.17, 15) is 22.8 Å². The van der Waals surface area contributed by atoms with Crippen molar-refractivity contribution in [3.8, 4) is 5.75 Å². The van der Waals surface area contributed by atoms with Gasteiger partial charge in [-0.2, -0.15) is 13.2 Å². The number of nitrogens with one attached hydrogen (secondary N) is 1. The molecule has 1 aliphatic heterocycles. The lowest BCUT2D eigenvalue weighted by atomic mass is 10.1. The van der Waals surface area contributed by atoms with Gasteiger partial charge in [0.15, 0.2) is 6.61 Å². The molecular formula is C18H14ClF3N2O3. The number of halogens is 4. The first-order valence-electron chi connectivity index (χ1n) is 7.94. The Morgan fingerprint density at radius 3 is 2.70 bits per heavy atom. The zero-order chi connectivity index (χ0) is 19.6. The molecule has 0 saturated carbocycles. The third-order valence-electron chi connectivity index (χ3n) is 3.93. The highest BCUT2D eigenvalue weighted by atomic mass is 35.5. The Morgan fingerprint density at radius 2 is 1.96 bits per heavy atom. The number of anilines is 2. The number of rotatable bonds is 4. The van der Waals surface area contributed by atoms with Crippen LogP contribution in [0.1, 0.15) is 12.0 Å². The Balaban J connectivity index is 1.70. The van der Waals surface area contributed by atoms with Gasteiger partial charge in [0.2, 0.25) is 5.91 Å². The fourth-order valence-electron chi connectivity index (χ4n) is 2.69. The second kappa shape index (κ2) is 7.48. The third-order valence-corrected chi connectivity index (χ3v) is 4.17. The van der Waals surface area contributed by atoms with Crippen LogP contribution in [-0.2, 0) is 15.8 Å². The van der Waals surface area contributed by atoms with Gasteiger partial charge in [0.25, 0.3) is 5.91 Å². The molecular weight excluding hydrogens is 385 g/mol. The highest BCUT2D eigenvalue weighted by molar-refractivity contribution is 6.30. The van der Waals surface area contributed by atoms with Crippen molar-refractivity contribution < 1.29 is 27.5 Å². The smallest absolute Gasteiger partial charge is 0.418 e. The molecule has 142 valence electrons. The maximum atomic E-state index is 13.1. The van der Waals surface area contributed by atoms with Crippen LogP contribution in [-0.4, -0.2) is 25.0 Å². The average molecular weight is 399 g/mol. The fourth-order valence-corrected chi connectivity index (χ4v) is 2.86. The highest BCUT2D eigenvalue weighted by Gasteiger charge is 2.34. The normalized spacial score (nSPS) is 13.8. The van der Waals surface area contributed by atoms with Gasteiger partial charge >= 0.3 is 6.18 Å². The van der Waals surface area contributed by atoms with Crippen LogP contribution in [0.5, 0.6) is 5.75 Å². The second-order valence-electron chi connectivity index (χ2n) is 5.79. The van der Waals surface area contributed by atoms with Crippen LogP contribution < -0.4 is 15.0 Å². The van der Waals surface area contributed by atoms with Crippen molar-refractivity contribution >= 4 is 34.8 Å². The number of amides is 2. The summed E-state index contributed by atoms with van der Waals surface area (Å²) in [6.07, 6.45) is -4.84. The van der Waals surface area contributed by atoms with Gasteiger partial charge in [-0.15, -0.1) is 0 Å². The van der Waals surface area contributed by atoms with Gasteiger partial charge in [0.1, 0.15) is 5.75 Å². The van der Waals surface area contributed by atoms with E-state index in [1.165, 1.54) is 11.0 Å².